The zero-order chi connectivity index (χ0) is 11.5. The van der Waals surface area contributed by atoms with Crippen LogP contribution in [0.1, 0.15) is 12.5 Å². The van der Waals surface area contributed by atoms with Gasteiger partial charge in [-0.15, -0.1) is 0 Å². The Balaban J connectivity index is 2.01. The number of fused-ring (bicyclic) bond motifs is 1. The highest BCUT2D eigenvalue weighted by molar-refractivity contribution is 6.30. The quantitative estimate of drug-likeness (QED) is 0.729. The molecule has 3 heteroatoms. The lowest BCUT2D eigenvalue weighted by Crippen LogP contribution is -2.25. The van der Waals surface area contributed by atoms with E-state index < -0.39 is 0 Å². The third kappa shape index (κ3) is 1.20. The molecule has 1 aromatic rings. The van der Waals surface area contributed by atoms with Gasteiger partial charge in [-0.2, -0.15) is 0 Å². The minimum Gasteiger partial charge on any atom is -0.305 e. The summed E-state index contributed by atoms with van der Waals surface area (Å²) in [5.74, 6) is 1.10. The Bertz CT molecular complexity index is 448. The van der Waals surface area contributed by atoms with Gasteiger partial charge in [-0.3, -0.25) is 0 Å². The lowest BCUT2D eigenvalue weighted by molar-refractivity contribution is 0.338. The minimum absolute atomic E-state index is 0.242. The Labute approximate surface area is 100 Å². The zero-order valence-electron chi connectivity index (χ0n) is 9.50. The summed E-state index contributed by atoms with van der Waals surface area (Å²) in [5, 5.41) is 0.249. The molecule has 2 fully saturated rings. The molecule has 2 aliphatic rings. The molecule has 0 aromatic heterocycles. The van der Waals surface area contributed by atoms with E-state index in [4.69, 9.17) is 11.6 Å². The number of likely N-dealkylation sites (tertiary alicyclic amines) is 1. The molecule has 16 heavy (non-hydrogen) atoms. The van der Waals surface area contributed by atoms with Crippen molar-refractivity contribution in [1.29, 1.82) is 0 Å². The highest BCUT2D eigenvalue weighted by Gasteiger charge is 2.66. The molecule has 1 nitrogen and oxygen atoms in total. The second kappa shape index (κ2) is 3.21. The summed E-state index contributed by atoms with van der Waals surface area (Å²) in [6.07, 6.45) is 0. The molecule has 3 rings (SSSR count). The fraction of sp³-hybridized carbons (Fsp3) is 0.538. The number of likely N-dealkylation sites (N-methyl/N-ethyl adjacent to an activating group) is 1. The molecule has 86 valence electrons. The second-order valence-electron chi connectivity index (χ2n) is 5.26. The molecule has 3 atom stereocenters. The fourth-order valence-electron chi connectivity index (χ4n) is 3.51. The molecule has 1 aliphatic heterocycles. The van der Waals surface area contributed by atoms with Crippen LogP contribution in [0.15, 0.2) is 18.2 Å². The number of nitrogens with zero attached hydrogens (tertiary/aromatic N) is 1. The number of rotatable bonds is 1. The molecule has 0 N–H and O–H groups in total. The zero-order valence-corrected chi connectivity index (χ0v) is 10.3. The van der Waals surface area contributed by atoms with Crippen molar-refractivity contribution in [2.75, 3.05) is 20.1 Å². The van der Waals surface area contributed by atoms with Gasteiger partial charge in [0.1, 0.15) is 5.82 Å². The first kappa shape index (κ1) is 10.5. The molecular formula is C13H15ClFN. The number of hydrogen-bond acceptors (Lipinski definition) is 1. The summed E-state index contributed by atoms with van der Waals surface area (Å²) in [7, 11) is 2.14. The van der Waals surface area contributed by atoms with Crippen LogP contribution < -0.4 is 0 Å². The molecule has 1 saturated heterocycles. The summed E-state index contributed by atoms with van der Waals surface area (Å²) in [5.41, 5.74) is 1.45. The molecular weight excluding hydrogens is 225 g/mol. The van der Waals surface area contributed by atoms with Gasteiger partial charge in [-0.25, -0.2) is 4.39 Å². The average molecular weight is 240 g/mol. The van der Waals surface area contributed by atoms with Crippen LogP contribution in [-0.2, 0) is 5.41 Å². The van der Waals surface area contributed by atoms with E-state index in [1.54, 1.807) is 0 Å². The lowest BCUT2D eigenvalue weighted by Gasteiger charge is -2.19. The Morgan fingerprint density at radius 1 is 1.50 bits per heavy atom. The van der Waals surface area contributed by atoms with E-state index in [0.717, 1.165) is 19.0 Å². The molecule has 0 amide bonds. The third-order valence-corrected chi connectivity index (χ3v) is 4.76. The summed E-state index contributed by atoms with van der Waals surface area (Å²) in [6.45, 7) is 4.51. The summed E-state index contributed by atoms with van der Waals surface area (Å²) in [4.78, 5) is 2.35. The van der Waals surface area contributed by atoms with Gasteiger partial charge in [-0.05, 0) is 36.6 Å². The van der Waals surface area contributed by atoms with E-state index >= 15 is 0 Å². The van der Waals surface area contributed by atoms with Gasteiger partial charge >= 0.3 is 0 Å². The van der Waals surface area contributed by atoms with E-state index in [2.05, 4.69) is 18.9 Å². The molecule has 0 spiro atoms. The van der Waals surface area contributed by atoms with Crippen molar-refractivity contribution in [2.24, 2.45) is 11.8 Å². The predicted octanol–water partition coefficient (Wildman–Crippen LogP) is 2.93. The van der Waals surface area contributed by atoms with Gasteiger partial charge in [0.05, 0.1) is 5.02 Å². The van der Waals surface area contributed by atoms with Crippen molar-refractivity contribution in [1.82, 2.24) is 4.90 Å². The van der Waals surface area contributed by atoms with E-state index in [1.807, 2.05) is 12.1 Å². The molecule has 2 unspecified atom stereocenters. The monoisotopic (exact) mass is 239 g/mol. The number of piperidine rings is 1. The number of benzene rings is 1. The van der Waals surface area contributed by atoms with Gasteiger partial charge in [0.2, 0.25) is 0 Å². The molecule has 1 aliphatic carbocycles. The molecule has 1 saturated carbocycles. The first-order valence-corrected chi connectivity index (χ1v) is 6.07. The molecule has 0 bridgehead atoms. The fourth-order valence-corrected chi connectivity index (χ4v) is 3.69. The van der Waals surface area contributed by atoms with Crippen molar-refractivity contribution in [3.8, 4) is 0 Å². The van der Waals surface area contributed by atoms with Crippen molar-refractivity contribution >= 4 is 11.6 Å². The van der Waals surface area contributed by atoms with E-state index in [0.29, 0.717) is 5.92 Å². The smallest absolute Gasteiger partial charge is 0.141 e. The van der Waals surface area contributed by atoms with Crippen LogP contribution in [0.5, 0.6) is 0 Å². The van der Waals surface area contributed by atoms with Gasteiger partial charge in [0.15, 0.2) is 0 Å². The number of halogens is 2. The minimum atomic E-state index is -0.321. The van der Waals surface area contributed by atoms with E-state index in [1.165, 1.54) is 11.6 Å². The van der Waals surface area contributed by atoms with Crippen LogP contribution in [0.2, 0.25) is 5.02 Å². The summed E-state index contributed by atoms with van der Waals surface area (Å²) < 4.78 is 13.2. The van der Waals surface area contributed by atoms with Crippen LogP contribution in [-0.4, -0.2) is 25.0 Å². The lowest BCUT2D eigenvalue weighted by atomic mass is 9.93. The van der Waals surface area contributed by atoms with Crippen LogP contribution in [0, 0.1) is 17.7 Å². The topological polar surface area (TPSA) is 3.24 Å². The standard InChI is InChI=1S/C13H15ClFN/c1-8-10-6-16(2)7-13(8,10)9-3-4-12(15)11(14)5-9/h3-5,8,10H,6-7H2,1-2H3/t8-,10?,13?/m1/s1. The first-order chi connectivity index (χ1) is 7.55. The predicted molar refractivity (Wildman–Crippen MR) is 63.2 cm³/mol. The normalized spacial score (nSPS) is 37.5. The Morgan fingerprint density at radius 3 is 2.88 bits per heavy atom. The average Bonchev–Trinajstić information content (AvgIpc) is 2.65. The SMILES string of the molecule is C[C@@H]1C2CN(C)CC21c1ccc(F)c(Cl)c1. The number of hydrogen-bond donors (Lipinski definition) is 0. The third-order valence-electron chi connectivity index (χ3n) is 4.47. The van der Waals surface area contributed by atoms with E-state index in [-0.39, 0.29) is 16.3 Å². The summed E-state index contributed by atoms with van der Waals surface area (Å²) >= 11 is 5.87. The van der Waals surface area contributed by atoms with Crippen LogP contribution in [0.4, 0.5) is 4.39 Å². The van der Waals surface area contributed by atoms with Crippen molar-refractivity contribution in [3.05, 3.63) is 34.6 Å². The van der Waals surface area contributed by atoms with Gasteiger partial charge < -0.3 is 4.90 Å². The van der Waals surface area contributed by atoms with E-state index in [9.17, 15) is 4.39 Å². The van der Waals surface area contributed by atoms with Gasteiger partial charge in [0.25, 0.3) is 0 Å². The molecule has 0 radical (unpaired) electrons. The van der Waals surface area contributed by atoms with Crippen molar-refractivity contribution in [2.45, 2.75) is 12.3 Å². The van der Waals surface area contributed by atoms with Crippen molar-refractivity contribution in [3.63, 3.8) is 0 Å². The van der Waals surface area contributed by atoms with Crippen LogP contribution >= 0.6 is 11.6 Å². The molecule has 1 aromatic carbocycles. The first-order valence-electron chi connectivity index (χ1n) is 5.70. The maximum absolute atomic E-state index is 13.2. The maximum Gasteiger partial charge on any atom is 0.141 e. The largest absolute Gasteiger partial charge is 0.305 e. The van der Waals surface area contributed by atoms with Gasteiger partial charge in [0, 0.05) is 18.5 Å². The highest BCUT2D eigenvalue weighted by atomic mass is 35.5. The van der Waals surface area contributed by atoms with Crippen LogP contribution in [0.3, 0.4) is 0 Å². The Hall–Kier alpha value is -0.600. The second-order valence-corrected chi connectivity index (χ2v) is 5.67. The Morgan fingerprint density at radius 2 is 2.25 bits per heavy atom. The summed E-state index contributed by atoms with van der Waals surface area (Å²) in [6, 6.07) is 5.20. The maximum atomic E-state index is 13.2. The Kier molecular flexibility index (Phi) is 2.11. The molecule has 1 heterocycles. The van der Waals surface area contributed by atoms with Crippen LogP contribution in [0.25, 0.3) is 0 Å². The van der Waals surface area contributed by atoms with Gasteiger partial charge in [-0.1, -0.05) is 24.6 Å². The van der Waals surface area contributed by atoms with Crippen molar-refractivity contribution < 1.29 is 4.39 Å². The highest BCUT2D eigenvalue weighted by Crippen LogP contribution is 2.63.